The number of cyclic esters (lactones) is 1. The molecule has 0 fully saturated rings. The van der Waals surface area contributed by atoms with Gasteiger partial charge in [0.2, 0.25) is 5.90 Å². The standard InChI is InChI=1S/C23H17NO6/c1-28-20-11-14(6-9-19(20)29-13-21(25)26)10-18-23(27)30-22(24-18)17-8-7-15-4-2-3-5-16(15)12-17/h2-12H,13H2,1H3,(H,25,26)/p-1/b18-10-. The van der Waals surface area contributed by atoms with Crippen molar-refractivity contribution in [1.29, 1.82) is 0 Å². The summed E-state index contributed by atoms with van der Waals surface area (Å²) in [6, 6.07) is 18.4. The Morgan fingerprint density at radius 2 is 1.87 bits per heavy atom. The highest BCUT2D eigenvalue weighted by molar-refractivity contribution is 6.13. The molecular formula is C23H16NO6-. The fourth-order valence-corrected chi connectivity index (χ4v) is 3.04. The van der Waals surface area contributed by atoms with Gasteiger partial charge in [0.05, 0.1) is 13.1 Å². The van der Waals surface area contributed by atoms with E-state index in [4.69, 9.17) is 14.2 Å². The molecule has 3 aromatic rings. The van der Waals surface area contributed by atoms with Crippen LogP contribution in [0.25, 0.3) is 16.8 Å². The van der Waals surface area contributed by atoms with Crippen LogP contribution >= 0.6 is 0 Å². The van der Waals surface area contributed by atoms with Gasteiger partial charge in [0.25, 0.3) is 0 Å². The van der Waals surface area contributed by atoms with Crippen molar-refractivity contribution in [1.82, 2.24) is 0 Å². The third-order valence-corrected chi connectivity index (χ3v) is 4.45. The van der Waals surface area contributed by atoms with Gasteiger partial charge < -0.3 is 24.1 Å². The zero-order valence-electron chi connectivity index (χ0n) is 16.0. The average molecular weight is 402 g/mol. The minimum atomic E-state index is -1.34. The molecule has 0 aliphatic carbocycles. The number of rotatable bonds is 6. The van der Waals surface area contributed by atoms with Gasteiger partial charge in [-0.1, -0.05) is 36.4 Å². The van der Waals surface area contributed by atoms with Gasteiger partial charge in [-0.3, -0.25) is 0 Å². The van der Waals surface area contributed by atoms with E-state index in [0.29, 0.717) is 16.9 Å². The summed E-state index contributed by atoms with van der Waals surface area (Å²) in [6.07, 6.45) is 1.56. The number of methoxy groups -OCH3 is 1. The predicted octanol–water partition coefficient (Wildman–Crippen LogP) is 2.32. The van der Waals surface area contributed by atoms with Gasteiger partial charge in [0.1, 0.15) is 6.61 Å². The molecular weight excluding hydrogens is 386 g/mol. The average Bonchev–Trinajstić information content (AvgIpc) is 3.12. The second-order valence-corrected chi connectivity index (χ2v) is 6.47. The molecule has 0 bridgehead atoms. The SMILES string of the molecule is COc1cc(/C=C2\N=C(c3ccc4ccccc4c3)OC2=O)ccc1OCC(=O)[O-]. The Labute approximate surface area is 171 Å². The first-order valence-corrected chi connectivity index (χ1v) is 9.06. The molecule has 0 aromatic heterocycles. The van der Waals surface area contributed by atoms with Gasteiger partial charge in [-0.2, -0.15) is 0 Å². The maximum absolute atomic E-state index is 12.3. The number of aliphatic imine (C=N–C) groups is 1. The number of carboxylic acids is 1. The second kappa shape index (κ2) is 8.08. The van der Waals surface area contributed by atoms with Crippen LogP contribution < -0.4 is 14.6 Å². The van der Waals surface area contributed by atoms with Crippen LogP contribution in [0.15, 0.2) is 71.4 Å². The summed E-state index contributed by atoms with van der Waals surface area (Å²) in [5.41, 5.74) is 1.46. The largest absolute Gasteiger partial charge is 0.546 e. The molecule has 0 saturated carbocycles. The molecule has 150 valence electrons. The smallest absolute Gasteiger partial charge is 0.363 e. The van der Waals surface area contributed by atoms with E-state index in [0.717, 1.165) is 10.8 Å². The van der Waals surface area contributed by atoms with Crippen molar-refractivity contribution in [2.75, 3.05) is 13.7 Å². The molecule has 30 heavy (non-hydrogen) atoms. The van der Waals surface area contributed by atoms with Crippen molar-refractivity contribution in [3.8, 4) is 11.5 Å². The molecule has 7 heteroatoms. The molecule has 3 aromatic carbocycles. The maximum atomic E-state index is 12.3. The molecule has 0 spiro atoms. The lowest BCUT2D eigenvalue weighted by Crippen LogP contribution is -2.29. The Morgan fingerprint density at radius 1 is 1.07 bits per heavy atom. The number of carboxylic acid groups (broad SMARTS) is 1. The first-order chi connectivity index (χ1) is 14.5. The van der Waals surface area contributed by atoms with Gasteiger partial charge in [0.15, 0.2) is 17.2 Å². The topological polar surface area (TPSA) is 97.2 Å². The molecule has 1 heterocycles. The van der Waals surface area contributed by atoms with Crippen molar-refractivity contribution in [2.24, 2.45) is 4.99 Å². The minimum Gasteiger partial charge on any atom is -0.546 e. The van der Waals surface area contributed by atoms with E-state index in [1.54, 1.807) is 24.3 Å². The van der Waals surface area contributed by atoms with Crippen LogP contribution in [-0.4, -0.2) is 31.6 Å². The van der Waals surface area contributed by atoms with Gasteiger partial charge in [-0.25, -0.2) is 9.79 Å². The minimum absolute atomic E-state index is 0.142. The lowest BCUT2D eigenvalue weighted by Gasteiger charge is -2.11. The summed E-state index contributed by atoms with van der Waals surface area (Å²) in [6.45, 7) is -0.595. The first kappa shape index (κ1) is 19.2. The first-order valence-electron chi connectivity index (χ1n) is 9.06. The van der Waals surface area contributed by atoms with Crippen LogP contribution in [0.3, 0.4) is 0 Å². The monoisotopic (exact) mass is 402 g/mol. The zero-order valence-corrected chi connectivity index (χ0v) is 16.0. The van der Waals surface area contributed by atoms with Gasteiger partial charge in [0, 0.05) is 5.56 Å². The van der Waals surface area contributed by atoms with Gasteiger partial charge in [-0.05, 0) is 46.7 Å². The zero-order chi connectivity index (χ0) is 21.1. The Bertz CT molecular complexity index is 1210. The predicted molar refractivity (Wildman–Crippen MR) is 108 cm³/mol. The van der Waals surface area contributed by atoms with Crippen molar-refractivity contribution in [3.63, 3.8) is 0 Å². The number of benzene rings is 3. The number of nitrogens with zero attached hydrogens (tertiary/aromatic N) is 1. The van der Waals surface area contributed by atoms with Crippen molar-refractivity contribution in [3.05, 3.63) is 77.5 Å². The third-order valence-electron chi connectivity index (χ3n) is 4.45. The van der Waals surface area contributed by atoms with Crippen molar-refractivity contribution < 1.29 is 28.9 Å². The van der Waals surface area contributed by atoms with Gasteiger partial charge in [-0.15, -0.1) is 0 Å². The molecule has 0 saturated heterocycles. The van der Waals surface area contributed by atoms with Crippen LogP contribution in [0.4, 0.5) is 0 Å². The maximum Gasteiger partial charge on any atom is 0.363 e. The summed E-state index contributed by atoms with van der Waals surface area (Å²) in [5, 5.41) is 12.7. The summed E-state index contributed by atoms with van der Waals surface area (Å²) >= 11 is 0. The molecule has 0 radical (unpaired) electrons. The summed E-state index contributed by atoms with van der Waals surface area (Å²) in [4.78, 5) is 27.2. The number of carbonyl (C=O) groups excluding carboxylic acids is 2. The van der Waals surface area contributed by atoms with E-state index < -0.39 is 18.5 Å². The van der Waals surface area contributed by atoms with Crippen LogP contribution in [-0.2, 0) is 14.3 Å². The van der Waals surface area contributed by atoms with Crippen molar-refractivity contribution in [2.45, 2.75) is 0 Å². The molecule has 1 aliphatic rings. The van der Waals surface area contributed by atoms with E-state index >= 15 is 0 Å². The quantitative estimate of drug-likeness (QED) is 0.464. The van der Waals surface area contributed by atoms with E-state index in [-0.39, 0.29) is 17.3 Å². The Balaban J connectivity index is 1.62. The highest BCUT2D eigenvalue weighted by atomic mass is 16.6. The molecule has 7 nitrogen and oxygen atoms in total. The molecule has 1 aliphatic heterocycles. The van der Waals surface area contributed by atoms with E-state index in [1.807, 2.05) is 42.5 Å². The van der Waals surface area contributed by atoms with Crippen LogP contribution in [0.2, 0.25) is 0 Å². The number of esters is 1. The lowest BCUT2D eigenvalue weighted by molar-refractivity contribution is -0.307. The van der Waals surface area contributed by atoms with E-state index in [2.05, 4.69) is 4.99 Å². The van der Waals surface area contributed by atoms with E-state index in [9.17, 15) is 14.7 Å². The number of hydrogen-bond acceptors (Lipinski definition) is 7. The number of fused-ring (bicyclic) bond motifs is 1. The molecule has 0 atom stereocenters. The lowest BCUT2D eigenvalue weighted by atomic mass is 10.1. The molecule has 0 N–H and O–H groups in total. The number of aliphatic carboxylic acids is 1. The van der Waals surface area contributed by atoms with Crippen LogP contribution in [0.1, 0.15) is 11.1 Å². The van der Waals surface area contributed by atoms with E-state index in [1.165, 1.54) is 7.11 Å². The number of ether oxygens (including phenoxy) is 3. The fourth-order valence-electron chi connectivity index (χ4n) is 3.04. The summed E-state index contributed by atoms with van der Waals surface area (Å²) in [5.74, 6) is -1.10. The normalized spacial score (nSPS) is 14.5. The fraction of sp³-hybridized carbons (Fsp3) is 0.0870. The van der Waals surface area contributed by atoms with Crippen LogP contribution in [0.5, 0.6) is 11.5 Å². The van der Waals surface area contributed by atoms with Crippen LogP contribution in [0, 0.1) is 0 Å². The van der Waals surface area contributed by atoms with Crippen molar-refractivity contribution >= 4 is 34.7 Å². The Hall–Kier alpha value is -4.13. The summed E-state index contributed by atoms with van der Waals surface area (Å²) in [7, 11) is 1.43. The molecule has 4 rings (SSSR count). The second-order valence-electron chi connectivity index (χ2n) is 6.47. The Morgan fingerprint density at radius 3 is 2.63 bits per heavy atom. The molecule has 0 unspecified atom stereocenters. The van der Waals surface area contributed by atoms with Gasteiger partial charge >= 0.3 is 5.97 Å². The number of carbonyl (C=O) groups is 2. The Kier molecular flexibility index (Phi) is 5.17. The highest BCUT2D eigenvalue weighted by Gasteiger charge is 2.24. The summed E-state index contributed by atoms with van der Waals surface area (Å²) < 4.78 is 15.7. The number of hydrogen-bond donors (Lipinski definition) is 0. The highest BCUT2D eigenvalue weighted by Crippen LogP contribution is 2.30. The third kappa shape index (κ3) is 4.00. The molecule has 0 amide bonds.